The molecule has 118 valence electrons. The first-order valence-corrected chi connectivity index (χ1v) is 8.25. The predicted octanol–water partition coefficient (Wildman–Crippen LogP) is 4.38. The van der Waals surface area contributed by atoms with E-state index < -0.39 is 5.82 Å². The predicted molar refractivity (Wildman–Crippen MR) is 93.7 cm³/mol. The molecule has 0 unspecified atom stereocenters. The second kappa shape index (κ2) is 4.68. The van der Waals surface area contributed by atoms with Crippen LogP contribution in [0.2, 0.25) is 0 Å². The summed E-state index contributed by atoms with van der Waals surface area (Å²) < 4.78 is 28.8. The minimum atomic E-state index is -0.397. The molecule has 3 nitrogen and oxygen atoms in total. The van der Waals surface area contributed by atoms with Gasteiger partial charge in [-0.25, -0.2) is 8.78 Å². The maximum Gasteiger partial charge on any atom is 0.206 e. The zero-order chi connectivity index (χ0) is 17.3. The molecule has 5 rings (SSSR count). The van der Waals surface area contributed by atoms with Crippen LogP contribution in [0.5, 0.6) is 0 Å². The summed E-state index contributed by atoms with van der Waals surface area (Å²) in [6.45, 7) is 0. The monoisotopic (exact) mass is 347 g/mol. The van der Waals surface area contributed by atoms with Gasteiger partial charge in [0, 0.05) is 21.5 Å². The quantitative estimate of drug-likeness (QED) is 0.415. The van der Waals surface area contributed by atoms with Crippen LogP contribution in [0.15, 0.2) is 41.4 Å². The van der Waals surface area contributed by atoms with Crippen molar-refractivity contribution in [3.8, 4) is 6.19 Å². The van der Waals surface area contributed by atoms with Crippen molar-refractivity contribution in [2.45, 2.75) is 0 Å². The van der Waals surface area contributed by atoms with Crippen molar-refractivity contribution in [3.63, 3.8) is 0 Å². The Morgan fingerprint density at radius 1 is 0.880 bits per heavy atom. The fourth-order valence-corrected chi connectivity index (χ4v) is 4.86. The molecule has 0 saturated carbocycles. The third-order valence-electron chi connectivity index (χ3n) is 4.54. The molecule has 5 aromatic rings. The Kier molecular flexibility index (Phi) is 2.66. The molecule has 0 spiro atoms. The molecule has 1 N–H and O–H groups in total. The van der Waals surface area contributed by atoms with Crippen molar-refractivity contribution in [2.75, 3.05) is 0 Å². The van der Waals surface area contributed by atoms with Crippen LogP contribution in [-0.2, 0) is 0 Å². The van der Waals surface area contributed by atoms with E-state index in [2.05, 4.69) is 4.99 Å². The van der Waals surface area contributed by atoms with Gasteiger partial charge in [0.2, 0.25) is 6.19 Å². The molecule has 4 aromatic carbocycles. The number of nitrogens with one attached hydrogen (secondary N) is 1. The molecule has 0 radical (unpaired) electrons. The summed E-state index contributed by atoms with van der Waals surface area (Å²) in [5, 5.41) is 22.5. The van der Waals surface area contributed by atoms with Gasteiger partial charge in [-0.1, -0.05) is 12.1 Å². The molecule has 0 aliphatic heterocycles. The Hall–Kier alpha value is -3.17. The van der Waals surface area contributed by atoms with Gasteiger partial charge in [0.15, 0.2) is 0 Å². The molecule has 0 aliphatic rings. The molecular formula is C19H7F2N3S. The summed E-state index contributed by atoms with van der Waals surface area (Å²) in [7, 11) is 0. The third-order valence-corrected chi connectivity index (χ3v) is 5.75. The molecule has 6 heteroatoms. The smallest absolute Gasteiger partial charge is 0.206 e. The highest BCUT2D eigenvalue weighted by molar-refractivity contribution is 7.26. The topological polar surface area (TPSA) is 60.0 Å². The molecule has 0 fully saturated rings. The lowest BCUT2D eigenvalue weighted by Crippen LogP contribution is -1.97. The highest BCUT2D eigenvalue weighted by Crippen LogP contribution is 2.41. The standard InChI is InChI=1S/C19H7F2N3S/c20-8-1-3-10-12(5-8)16(23)18-14(10)15-11-4-2-9(21)6-13(11)17(24-7-22)19(15)25-18/h1-6,23H/b23-16?,24-17+. The number of hydrogen-bond acceptors (Lipinski definition) is 4. The third kappa shape index (κ3) is 1.70. The average Bonchev–Trinajstić information content (AvgIpc) is 3.18. The summed E-state index contributed by atoms with van der Waals surface area (Å²) in [5.41, 5.74) is 0. The van der Waals surface area contributed by atoms with E-state index in [9.17, 15) is 8.78 Å². The van der Waals surface area contributed by atoms with Crippen LogP contribution in [-0.4, -0.2) is 0 Å². The molecule has 0 saturated heterocycles. The molecule has 1 aromatic heterocycles. The van der Waals surface area contributed by atoms with Crippen molar-refractivity contribution in [3.05, 3.63) is 58.7 Å². The first kappa shape index (κ1) is 14.2. The van der Waals surface area contributed by atoms with E-state index in [1.807, 2.05) is 0 Å². The van der Waals surface area contributed by atoms with E-state index in [1.54, 1.807) is 18.3 Å². The van der Waals surface area contributed by atoms with E-state index in [1.165, 1.54) is 35.6 Å². The van der Waals surface area contributed by atoms with Gasteiger partial charge in [-0.15, -0.1) is 11.3 Å². The van der Waals surface area contributed by atoms with E-state index in [4.69, 9.17) is 10.7 Å². The number of fused-ring (bicyclic) bond motifs is 7. The maximum absolute atomic E-state index is 13.7. The summed E-state index contributed by atoms with van der Waals surface area (Å²) in [4.78, 5) is 3.89. The molecule has 0 atom stereocenters. The van der Waals surface area contributed by atoms with Crippen LogP contribution in [0, 0.1) is 28.5 Å². The van der Waals surface area contributed by atoms with Crippen molar-refractivity contribution >= 4 is 53.1 Å². The van der Waals surface area contributed by atoms with Crippen LogP contribution >= 0.6 is 11.3 Å². The van der Waals surface area contributed by atoms with Crippen LogP contribution in [0.3, 0.4) is 0 Å². The van der Waals surface area contributed by atoms with Crippen LogP contribution in [0.1, 0.15) is 0 Å². The van der Waals surface area contributed by atoms with Crippen molar-refractivity contribution in [2.24, 2.45) is 4.99 Å². The fourth-order valence-electron chi connectivity index (χ4n) is 3.57. The summed E-state index contributed by atoms with van der Waals surface area (Å²) in [6.07, 6.45) is 1.78. The number of nitriles is 1. The second-order valence-corrected chi connectivity index (χ2v) is 6.85. The molecule has 25 heavy (non-hydrogen) atoms. The number of halogens is 2. The number of nitrogens with zero attached hydrogens (tertiary/aromatic N) is 2. The summed E-state index contributed by atoms with van der Waals surface area (Å²) in [6, 6.07) is 8.81. The van der Waals surface area contributed by atoms with Gasteiger partial charge in [0.1, 0.15) is 17.0 Å². The van der Waals surface area contributed by atoms with Crippen LogP contribution in [0.25, 0.3) is 41.7 Å². The highest BCUT2D eigenvalue weighted by atomic mass is 32.1. The largest absolute Gasteiger partial charge is 0.299 e. The average molecular weight is 347 g/mol. The molecule has 0 amide bonds. The van der Waals surface area contributed by atoms with Crippen molar-refractivity contribution in [1.82, 2.24) is 0 Å². The normalized spacial score (nSPS) is 12.8. The van der Waals surface area contributed by atoms with E-state index in [0.29, 0.717) is 16.1 Å². The zero-order valence-corrected chi connectivity index (χ0v) is 13.3. The Bertz CT molecular complexity index is 1500. The van der Waals surface area contributed by atoms with E-state index in [-0.39, 0.29) is 11.2 Å². The zero-order valence-electron chi connectivity index (χ0n) is 12.5. The number of benzene rings is 2. The minimum Gasteiger partial charge on any atom is -0.299 e. The van der Waals surface area contributed by atoms with Gasteiger partial charge >= 0.3 is 0 Å². The first-order chi connectivity index (χ1) is 12.1. The van der Waals surface area contributed by atoms with E-state index in [0.717, 1.165) is 30.9 Å². The lowest BCUT2D eigenvalue weighted by atomic mass is 10.1. The van der Waals surface area contributed by atoms with Gasteiger partial charge < -0.3 is 0 Å². The summed E-state index contributed by atoms with van der Waals surface area (Å²) in [5.74, 6) is -0.782. The van der Waals surface area contributed by atoms with Crippen LogP contribution in [0.4, 0.5) is 8.78 Å². The number of rotatable bonds is 0. The molecule has 0 aliphatic carbocycles. The van der Waals surface area contributed by atoms with E-state index >= 15 is 0 Å². The number of hydrogen-bond donors (Lipinski definition) is 1. The first-order valence-electron chi connectivity index (χ1n) is 7.43. The fraction of sp³-hybridized carbons (Fsp3) is 0. The Balaban J connectivity index is 2.17. The van der Waals surface area contributed by atoms with Gasteiger partial charge in [0.25, 0.3) is 0 Å². The molecule has 1 heterocycles. The lowest BCUT2D eigenvalue weighted by Gasteiger charge is -1.94. The second-order valence-electron chi connectivity index (χ2n) is 5.83. The SMILES string of the molecule is N#C/N=c1\c2cc(F)ccc2c2c1sc1c(=N)c3cc(F)ccc3c12. The Morgan fingerprint density at radius 3 is 2.16 bits per heavy atom. The lowest BCUT2D eigenvalue weighted by molar-refractivity contribution is 0.629. The Morgan fingerprint density at radius 2 is 1.48 bits per heavy atom. The summed E-state index contributed by atoms with van der Waals surface area (Å²) >= 11 is 1.34. The minimum absolute atomic E-state index is 0.267. The highest BCUT2D eigenvalue weighted by Gasteiger charge is 2.20. The number of thiophene rings is 1. The maximum atomic E-state index is 13.7. The van der Waals surface area contributed by atoms with Crippen LogP contribution < -0.4 is 10.7 Å². The van der Waals surface area contributed by atoms with Gasteiger partial charge in [-0.05, 0) is 35.0 Å². The van der Waals surface area contributed by atoms with Gasteiger partial charge in [-0.3, -0.25) is 5.41 Å². The van der Waals surface area contributed by atoms with Crippen molar-refractivity contribution < 1.29 is 8.78 Å². The van der Waals surface area contributed by atoms with Gasteiger partial charge in [-0.2, -0.15) is 10.3 Å². The Labute approximate surface area is 142 Å². The van der Waals surface area contributed by atoms with Gasteiger partial charge in [0.05, 0.1) is 14.8 Å². The molecule has 0 bridgehead atoms. The van der Waals surface area contributed by atoms with Crippen molar-refractivity contribution in [1.29, 1.82) is 10.7 Å². The molecular weight excluding hydrogens is 340 g/mol.